The van der Waals surface area contributed by atoms with Gasteiger partial charge in [-0.2, -0.15) is 5.10 Å². The average molecular weight is 352 g/mol. The number of ether oxygens (including phenoxy) is 2. The Morgan fingerprint density at radius 1 is 0.808 bits per heavy atom. The second kappa shape index (κ2) is 8.26. The Kier molecular flexibility index (Phi) is 5.82. The highest BCUT2D eigenvalue weighted by atomic mass is 16.5. The van der Waals surface area contributed by atoms with Crippen molar-refractivity contribution in [3.05, 3.63) is 59.7 Å². The van der Waals surface area contributed by atoms with Gasteiger partial charge in [0.05, 0.1) is 19.9 Å². The minimum absolute atomic E-state index is 0.449. The predicted molar refractivity (Wildman–Crippen MR) is 106 cm³/mol. The molecular formula is C22H28N2O2. The molecule has 26 heavy (non-hydrogen) atoms. The van der Waals surface area contributed by atoms with E-state index in [1.165, 1.54) is 19.3 Å². The Labute approximate surface area is 156 Å². The first-order chi connectivity index (χ1) is 12.6. The van der Waals surface area contributed by atoms with Crippen molar-refractivity contribution >= 4 is 5.71 Å². The van der Waals surface area contributed by atoms with Crippen LogP contribution in [0.1, 0.15) is 44.2 Å². The third kappa shape index (κ3) is 4.01. The van der Waals surface area contributed by atoms with Crippen LogP contribution in [0.15, 0.2) is 53.6 Å². The van der Waals surface area contributed by atoms with Crippen LogP contribution in [0.2, 0.25) is 0 Å². The maximum Gasteiger partial charge on any atom is 0.118 e. The van der Waals surface area contributed by atoms with Crippen molar-refractivity contribution in [2.75, 3.05) is 14.2 Å². The Balaban J connectivity index is 2.03. The summed E-state index contributed by atoms with van der Waals surface area (Å²) in [5.41, 5.74) is 3.15. The molecular weight excluding hydrogens is 324 g/mol. The van der Waals surface area contributed by atoms with Gasteiger partial charge in [-0.25, -0.2) is 0 Å². The first-order valence-electron chi connectivity index (χ1n) is 9.28. The Hall–Kier alpha value is -2.49. The van der Waals surface area contributed by atoms with Gasteiger partial charge in [0.25, 0.3) is 0 Å². The van der Waals surface area contributed by atoms with Crippen LogP contribution in [0.3, 0.4) is 0 Å². The molecule has 138 valence electrons. The van der Waals surface area contributed by atoms with Crippen molar-refractivity contribution in [1.82, 2.24) is 5.01 Å². The molecule has 2 aromatic rings. The number of rotatable bonds is 5. The highest BCUT2D eigenvalue weighted by molar-refractivity contribution is 6.12. The molecule has 0 N–H and O–H groups in total. The standard InChI is InChI=1S/C22H28N2O2/c1-16-6-5-7-17(2)24(16)23-22(18-8-12-20(25-3)13-9-18)19-10-14-21(26-4)15-11-19/h8-17H,5-7H2,1-4H3. The molecule has 4 heteroatoms. The first kappa shape index (κ1) is 18.3. The number of nitrogens with zero attached hydrogens (tertiary/aromatic N) is 2. The van der Waals surface area contributed by atoms with Crippen LogP contribution < -0.4 is 9.47 Å². The van der Waals surface area contributed by atoms with Crippen LogP contribution in [0.5, 0.6) is 11.5 Å². The highest BCUT2D eigenvalue weighted by Crippen LogP contribution is 2.25. The molecule has 1 saturated heterocycles. The summed E-state index contributed by atoms with van der Waals surface area (Å²) in [5, 5.41) is 7.39. The summed E-state index contributed by atoms with van der Waals surface area (Å²) in [6, 6.07) is 17.1. The lowest BCUT2D eigenvalue weighted by Gasteiger charge is -2.37. The normalized spacial score (nSPS) is 19.8. The van der Waals surface area contributed by atoms with Gasteiger partial charge in [-0.3, -0.25) is 5.01 Å². The van der Waals surface area contributed by atoms with Crippen molar-refractivity contribution in [2.24, 2.45) is 5.10 Å². The van der Waals surface area contributed by atoms with Gasteiger partial charge in [0.2, 0.25) is 0 Å². The van der Waals surface area contributed by atoms with Crippen LogP contribution in [0, 0.1) is 0 Å². The molecule has 3 rings (SSSR count). The third-order valence-electron chi connectivity index (χ3n) is 5.09. The van der Waals surface area contributed by atoms with Gasteiger partial charge < -0.3 is 9.47 Å². The minimum atomic E-state index is 0.449. The molecule has 0 aromatic heterocycles. The van der Waals surface area contributed by atoms with Crippen LogP contribution in [-0.4, -0.2) is 37.0 Å². The van der Waals surface area contributed by atoms with Gasteiger partial charge >= 0.3 is 0 Å². The Morgan fingerprint density at radius 3 is 1.62 bits per heavy atom. The number of methoxy groups -OCH3 is 2. The molecule has 0 spiro atoms. The quantitative estimate of drug-likeness (QED) is 0.730. The largest absolute Gasteiger partial charge is 0.497 e. The van der Waals surface area contributed by atoms with Gasteiger partial charge in [-0.05, 0) is 81.6 Å². The SMILES string of the molecule is COc1ccc(C(=NN2C(C)CCCC2C)c2ccc(OC)cc2)cc1. The zero-order chi connectivity index (χ0) is 18.5. The minimum Gasteiger partial charge on any atom is -0.497 e. The van der Waals surface area contributed by atoms with Gasteiger partial charge in [-0.1, -0.05) is 0 Å². The van der Waals surface area contributed by atoms with Crippen molar-refractivity contribution < 1.29 is 9.47 Å². The van der Waals surface area contributed by atoms with Gasteiger partial charge in [-0.15, -0.1) is 0 Å². The molecule has 2 unspecified atom stereocenters. The topological polar surface area (TPSA) is 34.1 Å². The van der Waals surface area contributed by atoms with Crippen LogP contribution in [0.25, 0.3) is 0 Å². The molecule has 0 radical (unpaired) electrons. The van der Waals surface area contributed by atoms with E-state index in [4.69, 9.17) is 14.6 Å². The molecule has 1 aliphatic rings. The fourth-order valence-electron chi connectivity index (χ4n) is 3.50. The zero-order valence-electron chi connectivity index (χ0n) is 16.1. The van der Waals surface area contributed by atoms with Crippen molar-refractivity contribution in [2.45, 2.75) is 45.2 Å². The maximum absolute atomic E-state index is 5.30. The molecule has 2 atom stereocenters. The number of hydrazone groups is 1. The van der Waals surface area contributed by atoms with E-state index in [1.54, 1.807) is 14.2 Å². The summed E-state index contributed by atoms with van der Waals surface area (Å²) in [5.74, 6) is 1.70. The number of piperidine rings is 1. The molecule has 0 aliphatic carbocycles. The summed E-state index contributed by atoms with van der Waals surface area (Å²) in [7, 11) is 3.37. The lowest BCUT2D eigenvalue weighted by molar-refractivity contribution is 0.109. The third-order valence-corrected chi connectivity index (χ3v) is 5.09. The second-order valence-electron chi connectivity index (χ2n) is 6.91. The van der Waals surface area contributed by atoms with E-state index in [0.29, 0.717) is 12.1 Å². The molecule has 1 aliphatic heterocycles. The van der Waals surface area contributed by atoms with E-state index < -0.39 is 0 Å². The van der Waals surface area contributed by atoms with E-state index in [1.807, 2.05) is 24.3 Å². The molecule has 0 bridgehead atoms. The molecule has 4 nitrogen and oxygen atoms in total. The van der Waals surface area contributed by atoms with Crippen LogP contribution in [0.4, 0.5) is 0 Å². The molecule has 0 saturated carbocycles. The first-order valence-corrected chi connectivity index (χ1v) is 9.28. The van der Waals surface area contributed by atoms with Crippen LogP contribution >= 0.6 is 0 Å². The van der Waals surface area contributed by atoms with Gasteiger partial charge in [0.15, 0.2) is 0 Å². The van der Waals surface area contributed by atoms with Crippen molar-refractivity contribution in [3.8, 4) is 11.5 Å². The molecule has 1 fully saturated rings. The summed E-state index contributed by atoms with van der Waals surface area (Å²) in [6.07, 6.45) is 3.65. The fraction of sp³-hybridized carbons (Fsp3) is 0.409. The predicted octanol–water partition coefficient (Wildman–Crippen LogP) is 4.72. The fourth-order valence-corrected chi connectivity index (χ4v) is 3.50. The summed E-state index contributed by atoms with van der Waals surface area (Å²) in [4.78, 5) is 0. The lowest BCUT2D eigenvalue weighted by Crippen LogP contribution is -2.40. The Bertz CT molecular complexity index is 678. The number of hydrogen-bond acceptors (Lipinski definition) is 4. The summed E-state index contributed by atoms with van der Waals surface area (Å²) < 4.78 is 10.6. The second-order valence-corrected chi connectivity index (χ2v) is 6.91. The molecule has 2 aromatic carbocycles. The van der Waals surface area contributed by atoms with E-state index >= 15 is 0 Å². The van der Waals surface area contributed by atoms with Gasteiger partial charge in [0, 0.05) is 23.2 Å². The van der Waals surface area contributed by atoms with E-state index in [0.717, 1.165) is 28.3 Å². The number of hydrogen-bond donors (Lipinski definition) is 0. The maximum atomic E-state index is 5.30. The Morgan fingerprint density at radius 2 is 1.23 bits per heavy atom. The monoisotopic (exact) mass is 352 g/mol. The summed E-state index contributed by atoms with van der Waals surface area (Å²) >= 11 is 0. The van der Waals surface area contributed by atoms with Crippen molar-refractivity contribution in [3.63, 3.8) is 0 Å². The van der Waals surface area contributed by atoms with E-state index in [-0.39, 0.29) is 0 Å². The summed E-state index contributed by atoms with van der Waals surface area (Å²) in [6.45, 7) is 4.53. The van der Waals surface area contributed by atoms with Crippen molar-refractivity contribution in [1.29, 1.82) is 0 Å². The average Bonchev–Trinajstić information content (AvgIpc) is 2.68. The van der Waals surface area contributed by atoms with Gasteiger partial charge in [0.1, 0.15) is 11.5 Å². The molecule has 0 amide bonds. The lowest BCUT2D eigenvalue weighted by atomic mass is 9.99. The highest BCUT2D eigenvalue weighted by Gasteiger charge is 2.24. The number of benzene rings is 2. The van der Waals surface area contributed by atoms with E-state index in [9.17, 15) is 0 Å². The van der Waals surface area contributed by atoms with E-state index in [2.05, 4.69) is 43.1 Å². The molecule has 1 heterocycles. The smallest absolute Gasteiger partial charge is 0.118 e. The van der Waals surface area contributed by atoms with Crippen LogP contribution in [-0.2, 0) is 0 Å². The zero-order valence-corrected chi connectivity index (χ0v) is 16.1.